The summed E-state index contributed by atoms with van der Waals surface area (Å²) in [5.41, 5.74) is 0. The third-order valence-electron chi connectivity index (χ3n) is 5.84. The molecule has 2 aromatic rings. The molecular formula is C24H34N4O. The van der Waals surface area contributed by atoms with Gasteiger partial charge in [0.1, 0.15) is 5.75 Å². The minimum atomic E-state index is 0.698. The molecule has 1 aliphatic heterocycles. The zero-order chi connectivity index (χ0) is 19.9. The zero-order valence-corrected chi connectivity index (χ0v) is 17.6. The summed E-state index contributed by atoms with van der Waals surface area (Å²) in [5, 5.41) is 9.28. The number of nitrogens with one attached hydrogen (secondary N) is 2. The molecule has 0 spiro atoms. The van der Waals surface area contributed by atoms with Crippen molar-refractivity contribution in [1.82, 2.24) is 15.5 Å². The Hall–Kier alpha value is -2.27. The Morgan fingerprint density at radius 2 is 1.97 bits per heavy atom. The van der Waals surface area contributed by atoms with Crippen LogP contribution in [-0.2, 0) is 0 Å². The molecule has 0 aromatic heterocycles. The van der Waals surface area contributed by atoms with Gasteiger partial charge in [-0.25, -0.2) is 0 Å². The molecule has 29 heavy (non-hydrogen) atoms. The monoisotopic (exact) mass is 394 g/mol. The number of likely N-dealkylation sites (tertiary alicyclic amines) is 1. The number of benzene rings is 2. The quantitative estimate of drug-likeness (QED) is 0.387. The highest BCUT2D eigenvalue weighted by Gasteiger charge is 2.34. The molecule has 2 aromatic carbocycles. The Morgan fingerprint density at radius 1 is 1.10 bits per heavy atom. The van der Waals surface area contributed by atoms with Gasteiger partial charge in [-0.3, -0.25) is 4.99 Å². The van der Waals surface area contributed by atoms with E-state index >= 15 is 0 Å². The summed E-state index contributed by atoms with van der Waals surface area (Å²) in [6, 6.07) is 15.5. The summed E-state index contributed by atoms with van der Waals surface area (Å²) in [4.78, 5) is 7.48. The van der Waals surface area contributed by atoms with Gasteiger partial charge in [-0.1, -0.05) is 30.3 Å². The lowest BCUT2D eigenvalue weighted by atomic mass is 10.1. The van der Waals surface area contributed by atoms with E-state index in [2.05, 4.69) is 58.9 Å². The van der Waals surface area contributed by atoms with E-state index in [1.807, 2.05) is 6.07 Å². The average Bonchev–Trinajstić information content (AvgIpc) is 3.49. The van der Waals surface area contributed by atoms with Crippen molar-refractivity contribution in [2.24, 2.45) is 10.9 Å². The third kappa shape index (κ3) is 5.86. The second kappa shape index (κ2) is 9.97. The topological polar surface area (TPSA) is 48.9 Å². The summed E-state index contributed by atoms with van der Waals surface area (Å²) in [6.07, 6.45) is 5.04. The van der Waals surface area contributed by atoms with Crippen LogP contribution in [-0.4, -0.2) is 56.2 Å². The molecular weight excluding hydrogens is 360 g/mol. The third-order valence-corrected chi connectivity index (χ3v) is 5.84. The molecule has 1 saturated heterocycles. The maximum absolute atomic E-state index is 5.93. The van der Waals surface area contributed by atoms with Gasteiger partial charge in [-0.15, -0.1) is 0 Å². The second-order valence-electron chi connectivity index (χ2n) is 8.24. The summed E-state index contributed by atoms with van der Waals surface area (Å²) >= 11 is 0. The first-order chi connectivity index (χ1) is 14.3. The van der Waals surface area contributed by atoms with Crippen LogP contribution >= 0.6 is 0 Å². The molecule has 0 radical (unpaired) electrons. The molecule has 0 bridgehead atoms. The molecule has 1 aliphatic carbocycles. The lowest BCUT2D eigenvalue weighted by molar-refractivity contribution is 0.311. The number of hydrogen-bond donors (Lipinski definition) is 2. The van der Waals surface area contributed by atoms with Crippen LogP contribution in [0.2, 0.25) is 0 Å². The second-order valence-corrected chi connectivity index (χ2v) is 8.24. The molecule has 2 N–H and O–H groups in total. The van der Waals surface area contributed by atoms with E-state index in [0.717, 1.165) is 43.8 Å². The van der Waals surface area contributed by atoms with Gasteiger partial charge in [0, 0.05) is 32.2 Å². The number of ether oxygens (including phenoxy) is 1. The van der Waals surface area contributed by atoms with Crippen LogP contribution < -0.4 is 15.4 Å². The molecule has 1 atom stereocenters. The van der Waals surface area contributed by atoms with Crippen molar-refractivity contribution < 1.29 is 4.74 Å². The predicted octanol–water partition coefficient (Wildman–Crippen LogP) is 3.65. The van der Waals surface area contributed by atoms with Crippen LogP contribution in [0.25, 0.3) is 10.8 Å². The highest BCUT2D eigenvalue weighted by Crippen LogP contribution is 2.31. The standard InChI is InChI=1S/C24H34N4O/c1-2-25-24(27-17-19-12-14-28(18-19)22-9-10-22)26-13-5-15-29-23-11-8-20-6-3-4-7-21(20)16-23/h3-4,6-8,11,16,19,22H,2,5,9-10,12-15,17-18H2,1H3,(H2,25,26,27). The average molecular weight is 395 g/mol. The van der Waals surface area contributed by atoms with Crippen LogP contribution in [0.15, 0.2) is 47.5 Å². The number of fused-ring (bicyclic) bond motifs is 1. The highest BCUT2D eigenvalue weighted by atomic mass is 16.5. The Balaban J connectivity index is 1.17. The Kier molecular flexibility index (Phi) is 6.88. The first-order valence-electron chi connectivity index (χ1n) is 11.2. The van der Waals surface area contributed by atoms with E-state index in [4.69, 9.17) is 9.73 Å². The number of guanidine groups is 1. The van der Waals surface area contributed by atoms with Gasteiger partial charge in [-0.05, 0) is 68.0 Å². The first-order valence-corrected chi connectivity index (χ1v) is 11.2. The van der Waals surface area contributed by atoms with Gasteiger partial charge in [0.05, 0.1) is 6.61 Å². The Bertz CT molecular complexity index is 817. The summed E-state index contributed by atoms with van der Waals surface area (Å²) in [6.45, 7) is 7.98. The van der Waals surface area contributed by atoms with E-state index in [1.165, 1.54) is 43.1 Å². The number of rotatable bonds is 9. The van der Waals surface area contributed by atoms with E-state index in [0.29, 0.717) is 12.5 Å². The van der Waals surface area contributed by atoms with Crippen molar-refractivity contribution in [2.75, 3.05) is 39.3 Å². The lowest BCUT2D eigenvalue weighted by Gasteiger charge is -2.15. The number of hydrogen-bond acceptors (Lipinski definition) is 3. The molecule has 1 heterocycles. The van der Waals surface area contributed by atoms with Crippen molar-refractivity contribution in [3.63, 3.8) is 0 Å². The first kappa shape index (κ1) is 20.0. The van der Waals surface area contributed by atoms with E-state index in [9.17, 15) is 0 Å². The maximum atomic E-state index is 5.93. The van der Waals surface area contributed by atoms with Crippen molar-refractivity contribution in [2.45, 2.75) is 38.6 Å². The van der Waals surface area contributed by atoms with Gasteiger partial charge in [0.2, 0.25) is 0 Å². The van der Waals surface area contributed by atoms with Gasteiger partial charge >= 0.3 is 0 Å². The largest absolute Gasteiger partial charge is 0.494 e. The van der Waals surface area contributed by atoms with Crippen LogP contribution in [0.4, 0.5) is 0 Å². The molecule has 5 heteroatoms. The maximum Gasteiger partial charge on any atom is 0.191 e. The van der Waals surface area contributed by atoms with Crippen LogP contribution in [0.1, 0.15) is 32.6 Å². The molecule has 4 rings (SSSR count). The predicted molar refractivity (Wildman–Crippen MR) is 121 cm³/mol. The number of aliphatic imine (C=N–C) groups is 1. The van der Waals surface area contributed by atoms with Crippen LogP contribution in [0.5, 0.6) is 5.75 Å². The van der Waals surface area contributed by atoms with Gasteiger partial charge in [0.25, 0.3) is 0 Å². The van der Waals surface area contributed by atoms with Crippen LogP contribution in [0.3, 0.4) is 0 Å². The smallest absolute Gasteiger partial charge is 0.191 e. The highest BCUT2D eigenvalue weighted by molar-refractivity contribution is 5.83. The van der Waals surface area contributed by atoms with Crippen molar-refractivity contribution >= 4 is 16.7 Å². The minimum absolute atomic E-state index is 0.698. The molecule has 1 unspecified atom stereocenters. The van der Waals surface area contributed by atoms with Crippen molar-refractivity contribution in [1.29, 1.82) is 0 Å². The minimum Gasteiger partial charge on any atom is -0.494 e. The molecule has 156 valence electrons. The van der Waals surface area contributed by atoms with Gasteiger partial charge in [0.15, 0.2) is 5.96 Å². The Labute approximate surface area is 174 Å². The fraction of sp³-hybridized carbons (Fsp3) is 0.542. The summed E-state index contributed by atoms with van der Waals surface area (Å²) < 4.78 is 5.93. The zero-order valence-electron chi connectivity index (χ0n) is 17.6. The normalized spacial score (nSPS) is 20.2. The Morgan fingerprint density at radius 3 is 2.79 bits per heavy atom. The lowest BCUT2D eigenvalue weighted by Crippen LogP contribution is -2.38. The van der Waals surface area contributed by atoms with E-state index < -0.39 is 0 Å². The SMILES string of the molecule is CCNC(=NCC1CCN(C2CC2)C1)NCCCOc1ccc2ccccc2c1. The summed E-state index contributed by atoms with van der Waals surface area (Å²) in [5.74, 6) is 2.58. The molecule has 5 nitrogen and oxygen atoms in total. The molecule has 2 aliphatic rings. The fourth-order valence-electron chi connectivity index (χ4n) is 4.07. The van der Waals surface area contributed by atoms with Crippen LogP contribution in [0, 0.1) is 5.92 Å². The fourth-order valence-corrected chi connectivity index (χ4v) is 4.07. The number of nitrogens with zero attached hydrogens (tertiary/aromatic N) is 2. The summed E-state index contributed by atoms with van der Waals surface area (Å²) in [7, 11) is 0. The molecule has 1 saturated carbocycles. The molecule has 2 fully saturated rings. The van der Waals surface area contributed by atoms with Gasteiger partial charge < -0.3 is 20.3 Å². The van der Waals surface area contributed by atoms with Crippen molar-refractivity contribution in [3.05, 3.63) is 42.5 Å². The van der Waals surface area contributed by atoms with Crippen molar-refractivity contribution in [3.8, 4) is 5.75 Å². The van der Waals surface area contributed by atoms with Gasteiger partial charge in [-0.2, -0.15) is 0 Å². The molecule has 0 amide bonds. The van der Waals surface area contributed by atoms with E-state index in [1.54, 1.807) is 0 Å². The van der Waals surface area contributed by atoms with E-state index in [-0.39, 0.29) is 0 Å².